The Morgan fingerprint density at radius 2 is 2.00 bits per heavy atom. The Labute approximate surface area is 160 Å². The fourth-order valence-corrected chi connectivity index (χ4v) is 3.20. The minimum atomic E-state index is 0.0732. The van der Waals surface area contributed by atoms with E-state index >= 15 is 0 Å². The zero-order chi connectivity index (χ0) is 19.0. The van der Waals surface area contributed by atoms with Crippen molar-refractivity contribution in [3.8, 4) is 5.75 Å². The second kappa shape index (κ2) is 9.38. The highest BCUT2D eigenvalue weighted by molar-refractivity contribution is 7.09. The molecule has 2 aromatic rings. The average Bonchev–Trinajstić information content (AvgIpc) is 3.10. The molecule has 6 heteroatoms. The summed E-state index contributed by atoms with van der Waals surface area (Å²) in [5.41, 5.74) is 2.27. The maximum absolute atomic E-state index is 5.69. The number of aromatic nitrogens is 1. The Kier molecular flexibility index (Phi) is 7.21. The Morgan fingerprint density at radius 3 is 2.65 bits per heavy atom. The number of guanidine groups is 1. The van der Waals surface area contributed by atoms with Crippen LogP contribution in [0.5, 0.6) is 5.75 Å². The molecule has 0 bridgehead atoms. The van der Waals surface area contributed by atoms with Gasteiger partial charge in [-0.1, -0.05) is 51.6 Å². The molecule has 2 N–H and O–H groups in total. The number of aliphatic imine (C=N–C) groups is 1. The van der Waals surface area contributed by atoms with Crippen LogP contribution in [0.25, 0.3) is 0 Å². The monoisotopic (exact) mass is 372 g/mol. The zero-order valence-corrected chi connectivity index (χ0v) is 16.8. The van der Waals surface area contributed by atoms with E-state index in [0.717, 1.165) is 28.0 Å². The Hall–Kier alpha value is -2.34. The summed E-state index contributed by atoms with van der Waals surface area (Å²) < 4.78 is 5.69. The quantitative estimate of drug-likeness (QED) is 0.440. The molecular formula is C20H28N4OS. The summed E-state index contributed by atoms with van der Waals surface area (Å²) in [5, 5.41) is 9.81. The Bertz CT molecular complexity index is 746. The molecule has 5 nitrogen and oxygen atoms in total. The number of thiazole rings is 1. The van der Waals surface area contributed by atoms with Crippen LogP contribution in [0, 0.1) is 0 Å². The molecule has 1 aromatic carbocycles. The molecule has 0 aliphatic carbocycles. The third-order valence-electron chi connectivity index (χ3n) is 3.73. The Balaban J connectivity index is 1.90. The van der Waals surface area contributed by atoms with Crippen LogP contribution in [0.1, 0.15) is 37.0 Å². The number of hydrogen-bond acceptors (Lipinski definition) is 4. The van der Waals surface area contributed by atoms with Gasteiger partial charge in [0.2, 0.25) is 0 Å². The van der Waals surface area contributed by atoms with Crippen molar-refractivity contribution in [3.63, 3.8) is 0 Å². The highest BCUT2D eigenvalue weighted by Gasteiger charge is 2.17. The first-order valence-electron chi connectivity index (χ1n) is 8.65. The predicted octanol–water partition coefficient (Wildman–Crippen LogP) is 3.87. The van der Waals surface area contributed by atoms with E-state index in [1.54, 1.807) is 24.5 Å². The maximum atomic E-state index is 5.69. The van der Waals surface area contributed by atoms with Crippen LogP contribution < -0.4 is 15.4 Å². The van der Waals surface area contributed by atoms with Crippen LogP contribution in [0.2, 0.25) is 0 Å². The summed E-state index contributed by atoms with van der Waals surface area (Å²) in [5.74, 6) is 1.58. The standard InChI is InChI=1S/C20H28N4OS/c1-6-11-25-16-10-8-7-9-15(16)12-22-19(21-5)23-13-18-24-17(14-26-18)20(2,3)4/h6-10,14H,1,11-13H2,2-5H3,(H2,21,22,23). The molecule has 0 saturated carbocycles. The molecular weight excluding hydrogens is 344 g/mol. The fraction of sp³-hybridized carbons (Fsp3) is 0.400. The molecule has 0 radical (unpaired) electrons. The van der Waals surface area contributed by atoms with Crippen LogP contribution in [0.15, 0.2) is 47.3 Å². The lowest BCUT2D eigenvalue weighted by Crippen LogP contribution is -2.36. The summed E-state index contributed by atoms with van der Waals surface area (Å²) in [6.07, 6.45) is 1.74. The third kappa shape index (κ3) is 5.88. The molecule has 2 rings (SSSR count). The van der Waals surface area contributed by atoms with Crippen molar-refractivity contribution < 1.29 is 4.74 Å². The van der Waals surface area contributed by atoms with E-state index in [1.165, 1.54) is 0 Å². The second-order valence-corrected chi connectivity index (χ2v) is 7.81. The largest absolute Gasteiger partial charge is 0.489 e. The van der Waals surface area contributed by atoms with E-state index in [0.29, 0.717) is 19.7 Å². The number of ether oxygens (including phenoxy) is 1. The minimum Gasteiger partial charge on any atom is -0.489 e. The van der Waals surface area contributed by atoms with Crippen LogP contribution in [-0.2, 0) is 18.5 Å². The van der Waals surface area contributed by atoms with E-state index in [1.807, 2.05) is 24.3 Å². The van der Waals surface area contributed by atoms with E-state index in [2.05, 4.69) is 48.4 Å². The van der Waals surface area contributed by atoms with E-state index in [4.69, 9.17) is 9.72 Å². The first kappa shape index (κ1) is 20.0. The van der Waals surface area contributed by atoms with Gasteiger partial charge < -0.3 is 15.4 Å². The lowest BCUT2D eigenvalue weighted by atomic mass is 9.93. The molecule has 26 heavy (non-hydrogen) atoms. The van der Waals surface area contributed by atoms with Crippen molar-refractivity contribution in [1.82, 2.24) is 15.6 Å². The number of nitrogens with zero attached hydrogens (tertiary/aromatic N) is 2. The molecule has 0 aliphatic rings. The van der Waals surface area contributed by atoms with Gasteiger partial charge in [-0.05, 0) is 6.07 Å². The zero-order valence-electron chi connectivity index (χ0n) is 16.0. The topological polar surface area (TPSA) is 58.5 Å². The van der Waals surface area contributed by atoms with Crippen LogP contribution in [-0.4, -0.2) is 24.6 Å². The van der Waals surface area contributed by atoms with Gasteiger partial charge in [0, 0.05) is 30.0 Å². The van der Waals surface area contributed by atoms with E-state index in [-0.39, 0.29) is 5.41 Å². The number of hydrogen-bond donors (Lipinski definition) is 2. The molecule has 0 fully saturated rings. The van der Waals surface area contributed by atoms with Crippen molar-refractivity contribution in [2.24, 2.45) is 4.99 Å². The van der Waals surface area contributed by atoms with Gasteiger partial charge in [-0.3, -0.25) is 4.99 Å². The number of rotatable bonds is 7. The molecule has 0 saturated heterocycles. The molecule has 0 aliphatic heterocycles. The molecule has 0 amide bonds. The molecule has 140 valence electrons. The molecule has 1 heterocycles. The van der Waals surface area contributed by atoms with Crippen molar-refractivity contribution in [3.05, 3.63) is 58.6 Å². The van der Waals surface area contributed by atoms with Gasteiger partial charge >= 0.3 is 0 Å². The van der Waals surface area contributed by atoms with Gasteiger partial charge in [-0.25, -0.2) is 4.98 Å². The summed E-state index contributed by atoms with van der Waals surface area (Å²) >= 11 is 1.67. The van der Waals surface area contributed by atoms with Crippen LogP contribution in [0.3, 0.4) is 0 Å². The van der Waals surface area contributed by atoms with Gasteiger partial charge in [0.25, 0.3) is 0 Å². The summed E-state index contributed by atoms with van der Waals surface area (Å²) in [4.78, 5) is 8.98. The summed E-state index contributed by atoms with van der Waals surface area (Å²) in [6.45, 7) is 12.0. The average molecular weight is 373 g/mol. The van der Waals surface area contributed by atoms with Crippen molar-refractivity contribution in [1.29, 1.82) is 0 Å². The van der Waals surface area contributed by atoms with Crippen molar-refractivity contribution in [2.45, 2.75) is 39.3 Å². The third-order valence-corrected chi connectivity index (χ3v) is 4.58. The highest BCUT2D eigenvalue weighted by Crippen LogP contribution is 2.23. The van der Waals surface area contributed by atoms with Gasteiger partial charge in [0.05, 0.1) is 12.2 Å². The highest BCUT2D eigenvalue weighted by atomic mass is 32.1. The maximum Gasteiger partial charge on any atom is 0.191 e. The lowest BCUT2D eigenvalue weighted by Gasteiger charge is -2.15. The first-order valence-corrected chi connectivity index (χ1v) is 9.53. The van der Waals surface area contributed by atoms with E-state index < -0.39 is 0 Å². The minimum absolute atomic E-state index is 0.0732. The van der Waals surface area contributed by atoms with E-state index in [9.17, 15) is 0 Å². The van der Waals surface area contributed by atoms with Crippen LogP contribution >= 0.6 is 11.3 Å². The Morgan fingerprint density at radius 1 is 1.27 bits per heavy atom. The lowest BCUT2D eigenvalue weighted by molar-refractivity contribution is 0.358. The normalized spacial score (nSPS) is 11.9. The van der Waals surface area contributed by atoms with Crippen LogP contribution in [0.4, 0.5) is 0 Å². The smallest absolute Gasteiger partial charge is 0.191 e. The van der Waals surface area contributed by atoms with Gasteiger partial charge in [-0.15, -0.1) is 11.3 Å². The SMILES string of the molecule is C=CCOc1ccccc1CNC(=NC)NCc1nc(C(C)(C)C)cs1. The van der Waals surface area contributed by atoms with Gasteiger partial charge in [0.1, 0.15) is 17.4 Å². The molecule has 0 spiro atoms. The molecule has 0 unspecified atom stereocenters. The predicted molar refractivity (Wildman–Crippen MR) is 110 cm³/mol. The van der Waals surface area contributed by atoms with Crippen molar-refractivity contribution >= 4 is 17.3 Å². The molecule has 1 aromatic heterocycles. The number of para-hydroxylation sites is 1. The second-order valence-electron chi connectivity index (χ2n) is 6.86. The van der Waals surface area contributed by atoms with Crippen molar-refractivity contribution in [2.75, 3.05) is 13.7 Å². The van der Waals surface area contributed by atoms with Gasteiger partial charge in [0.15, 0.2) is 5.96 Å². The first-order chi connectivity index (χ1) is 12.4. The summed E-state index contributed by atoms with van der Waals surface area (Å²) in [6, 6.07) is 7.96. The number of benzene rings is 1. The summed E-state index contributed by atoms with van der Waals surface area (Å²) in [7, 11) is 1.76. The fourth-order valence-electron chi connectivity index (χ4n) is 2.23. The molecule has 0 atom stereocenters. The van der Waals surface area contributed by atoms with Gasteiger partial charge in [-0.2, -0.15) is 0 Å². The number of nitrogens with one attached hydrogen (secondary N) is 2.